The van der Waals surface area contributed by atoms with Gasteiger partial charge in [0.15, 0.2) is 11.5 Å². The smallest absolute Gasteiger partial charge is 0.161 e. The van der Waals surface area contributed by atoms with Crippen LogP contribution in [0.15, 0.2) is 18.2 Å². The standard InChI is InChI=1S/C14H23NO4S/c1-5-15-12(8-9-20(4,16)17)11-6-7-13(18-2)14(10-11)19-3/h6-7,10,12,15H,5,8-9H2,1-4H3. The van der Waals surface area contributed by atoms with Crippen molar-refractivity contribution in [1.82, 2.24) is 5.32 Å². The molecule has 1 atom stereocenters. The number of nitrogens with one attached hydrogen (secondary N) is 1. The Labute approximate surface area is 121 Å². The van der Waals surface area contributed by atoms with Crippen molar-refractivity contribution in [2.24, 2.45) is 0 Å². The summed E-state index contributed by atoms with van der Waals surface area (Å²) in [5, 5.41) is 3.30. The summed E-state index contributed by atoms with van der Waals surface area (Å²) in [6.45, 7) is 2.76. The van der Waals surface area contributed by atoms with Crippen LogP contribution in [0.4, 0.5) is 0 Å². The molecule has 0 aliphatic rings. The first kappa shape index (κ1) is 16.8. The Morgan fingerprint density at radius 3 is 2.35 bits per heavy atom. The number of hydrogen-bond donors (Lipinski definition) is 1. The average Bonchev–Trinajstić information content (AvgIpc) is 2.41. The van der Waals surface area contributed by atoms with Gasteiger partial charge < -0.3 is 14.8 Å². The fraction of sp³-hybridized carbons (Fsp3) is 0.571. The Morgan fingerprint density at radius 1 is 1.20 bits per heavy atom. The maximum absolute atomic E-state index is 11.3. The van der Waals surface area contributed by atoms with Crippen molar-refractivity contribution in [3.63, 3.8) is 0 Å². The van der Waals surface area contributed by atoms with Gasteiger partial charge in [-0.2, -0.15) is 0 Å². The highest BCUT2D eigenvalue weighted by Gasteiger charge is 2.15. The summed E-state index contributed by atoms with van der Waals surface area (Å²) in [7, 11) is 0.200. The summed E-state index contributed by atoms with van der Waals surface area (Å²) in [6.07, 6.45) is 1.78. The van der Waals surface area contributed by atoms with Gasteiger partial charge in [0.25, 0.3) is 0 Å². The molecule has 0 saturated heterocycles. The summed E-state index contributed by atoms with van der Waals surface area (Å²) < 4.78 is 33.1. The Hall–Kier alpha value is -1.27. The van der Waals surface area contributed by atoms with Gasteiger partial charge in [-0.05, 0) is 30.7 Å². The molecule has 0 heterocycles. The molecule has 1 aromatic carbocycles. The monoisotopic (exact) mass is 301 g/mol. The van der Waals surface area contributed by atoms with E-state index in [1.807, 2.05) is 25.1 Å². The predicted octanol–water partition coefficient (Wildman–Crippen LogP) is 1.79. The zero-order valence-electron chi connectivity index (χ0n) is 12.5. The number of hydrogen-bond acceptors (Lipinski definition) is 5. The van der Waals surface area contributed by atoms with E-state index in [0.29, 0.717) is 17.9 Å². The SMILES string of the molecule is CCNC(CCS(C)(=O)=O)c1ccc(OC)c(OC)c1. The van der Waals surface area contributed by atoms with E-state index in [2.05, 4.69) is 5.32 Å². The highest BCUT2D eigenvalue weighted by molar-refractivity contribution is 7.90. The van der Waals surface area contributed by atoms with Gasteiger partial charge >= 0.3 is 0 Å². The number of methoxy groups -OCH3 is 2. The van der Waals surface area contributed by atoms with Crippen LogP contribution in [0, 0.1) is 0 Å². The van der Waals surface area contributed by atoms with E-state index < -0.39 is 9.84 Å². The van der Waals surface area contributed by atoms with Crippen LogP contribution in [-0.2, 0) is 9.84 Å². The van der Waals surface area contributed by atoms with Gasteiger partial charge in [0.05, 0.1) is 20.0 Å². The number of benzene rings is 1. The molecule has 0 fully saturated rings. The molecule has 0 saturated carbocycles. The molecule has 1 unspecified atom stereocenters. The summed E-state index contributed by atoms with van der Waals surface area (Å²) in [5.41, 5.74) is 0.994. The van der Waals surface area contributed by atoms with Crippen molar-refractivity contribution in [3.05, 3.63) is 23.8 Å². The number of rotatable bonds is 8. The summed E-state index contributed by atoms with van der Waals surface area (Å²) >= 11 is 0. The van der Waals surface area contributed by atoms with Crippen LogP contribution in [0.3, 0.4) is 0 Å². The third kappa shape index (κ3) is 5.02. The van der Waals surface area contributed by atoms with Crippen molar-refractivity contribution in [2.45, 2.75) is 19.4 Å². The maximum atomic E-state index is 11.3. The average molecular weight is 301 g/mol. The second kappa shape index (κ2) is 7.50. The first-order valence-corrected chi connectivity index (χ1v) is 8.60. The number of ether oxygens (including phenoxy) is 2. The van der Waals surface area contributed by atoms with Gasteiger partial charge in [0, 0.05) is 12.3 Å². The Bertz CT molecular complexity index is 528. The molecule has 0 radical (unpaired) electrons. The van der Waals surface area contributed by atoms with Crippen LogP contribution in [0.1, 0.15) is 24.9 Å². The van der Waals surface area contributed by atoms with E-state index in [1.165, 1.54) is 6.26 Å². The van der Waals surface area contributed by atoms with Crippen LogP contribution in [0.2, 0.25) is 0 Å². The molecule has 114 valence electrons. The van der Waals surface area contributed by atoms with E-state index in [9.17, 15) is 8.42 Å². The number of sulfone groups is 1. The lowest BCUT2D eigenvalue weighted by Gasteiger charge is -2.19. The van der Waals surface area contributed by atoms with Crippen molar-refractivity contribution >= 4 is 9.84 Å². The molecule has 6 heteroatoms. The molecule has 0 spiro atoms. The zero-order valence-corrected chi connectivity index (χ0v) is 13.3. The summed E-state index contributed by atoms with van der Waals surface area (Å²) in [6, 6.07) is 5.62. The minimum Gasteiger partial charge on any atom is -0.493 e. The molecule has 0 aromatic heterocycles. The van der Waals surface area contributed by atoms with E-state index in [4.69, 9.17) is 9.47 Å². The molecular formula is C14H23NO4S. The quantitative estimate of drug-likeness (QED) is 0.793. The summed E-state index contributed by atoms with van der Waals surface area (Å²) in [4.78, 5) is 0. The second-order valence-electron chi connectivity index (χ2n) is 4.64. The Balaban J connectivity index is 2.96. The van der Waals surface area contributed by atoms with E-state index in [1.54, 1.807) is 14.2 Å². The van der Waals surface area contributed by atoms with Crippen molar-refractivity contribution in [3.8, 4) is 11.5 Å². The van der Waals surface area contributed by atoms with Gasteiger partial charge in [-0.25, -0.2) is 8.42 Å². The molecule has 1 aromatic rings. The van der Waals surface area contributed by atoms with Crippen LogP contribution >= 0.6 is 0 Å². The minimum absolute atomic E-state index is 0.0190. The van der Waals surface area contributed by atoms with E-state index in [0.717, 1.165) is 12.1 Å². The minimum atomic E-state index is -2.97. The van der Waals surface area contributed by atoms with Gasteiger partial charge in [-0.15, -0.1) is 0 Å². The largest absolute Gasteiger partial charge is 0.493 e. The second-order valence-corrected chi connectivity index (χ2v) is 6.90. The lowest BCUT2D eigenvalue weighted by atomic mass is 10.0. The molecule has 0 bridgehead atoms. The highest BCUT2D eigenvalue weighted by atomic mass is 32.2. The predicted molar refractivity (Wildman–Crippen MR) is 80.3 cm³/mol. The molecule has 1 rings (SSSR count). The molecule has 0 amide bonds. The van der Waals surface area contributed by atoms with Gasteiger partial charge in [-0.3, -0.25) is 0 Å². The first-order valence-electron chi connectivity index (χ1n) is 6.54. The van der Waals surface area contributed by atoms with Crippen LogP contribution in [-0.4, -0.2) is 41.2 Å². The fourth-order valence-electron chi connectivity index (χ4n) is 2.03. The molecular weight excluding hydrogens is 278 g/mol. The van der Waals surface area contributed by atoms with Crippen LogP contribution in [0.25, 0.3) is 0 Å². The third-order valence-corrected chi connectivity index (χ3v) is 4.02. The lowest BCUT2D eigenvalue weighted by molar-refractivity contribution is 0.353. The van der Waals surface area contributed by atoms with E-state index >= 15 is 0 Å². The highest BCUT2D eigenvalue weighted by Crippen LogP contribution is 2.31. The van der Waals surface area contributed by atoms with Gasteiger partial charge in [-0.1, -0.05) is 13.0 Å². The molecule has 0 aliphatic heterocycles. The summed E-state index contributed by atoms with van der Waals surface area (Å²) in [5.74, 6) is 1.46. The normalized spacial score (nSPS) is 13.0. The van der Waals surface area contributed by atoms with Crippen molar-refractivity contribution < 1.29 is 17.9 Å². The molecule has 0 aliphatic carbocycles. The van der Waals surface area contributed by atoms with Gasteiger partial charge in [0.2, 0.25) is 0 Å². The molecule has 20 heavy (non-hydrogen) atoms. The fourth-order valence-corrected chi connectivity index (χ4v) is 2.70. The van der Waals surface area contributed by atoms with E-state index in [-0.39, 0.29) is 11.8 Å². The maximum Gasteiger partial charge on any atom is 0.161 e. The van der Waals surface area contributed by atoms with Crippen molar-refractivity contribution in [1.29, 1.82) is 0 Å². The Morgan fingerprint density at radius 2 is 1.85 bits per heavy atom. The first-order chi connectivity index (χ1) is 9.41. The zero-order chi connectivity index (χ0) is 15.2. The third-order valence-electron chi connectivity index (χ3n) is 3.04. The van der Waals surface area contributed by atoms with Crippen LogP contribution < -0.4 is 14.8 Å². The molecule has 5 nitrogen and oxygen atoms in total. The van der Waals surface area contributed by atoms with Crippen molar-refractivity contribution in [2.75, 3.05) is 32.8 Å². The molecule has 1 N–H and O–H groups in total. The topological polar surface area (TPSA) is 64.6 Å². The Kier molecular flexibility index (Phi) is 6.29. The van der Waals surface area contributed by atoms with Gasteiger partial charge in [0.1, 0.15) is 9.84 Å². The van der Waals surface area contributed by atoms with Crippen LogP contribution in [0.5, 0.6) is 11.5 Å². The lowest BCUT2D eigenvalue weighted by Crippen LogP contribution is -2.23.